The van der Waals surface area contributed by atoms with Crippen LogP contribution in [0.4, 0.5) is 0 Å². The molecule has 2 saturated carbocycles. The summed E-state index contributed by atoms with van der Waals surface area (Å²) in [7, 11) is 1.95. The second kappa shape index (κ2) is 6.79. The van der Waals surface area contributed by atoms with E-state index in [1.807, 2.05) is 7.11 Å². The summed E-state index contributed by atoms with van der Waals surface area (Å²) in [6.45, 7) is 8.13. The number of hydrogen-bond acceptors (Lipinski definition) is 2. The molecule has 2 rings (SSSR count). The minimum Gasteiger partial charge on any atom is -0.377 e. The van der Waals surface area contributed by atoms with E-state index in [1.54, 1.807) is 0 Å². The van der Waals surface area contributed by atoms with Crippen LogP contribution in [0.5, 0.6) is 0 Å². The molecule has 0 amide bonds. The maximum atomic E-state index is 6.18. The first kappa shape index (κ1) is 16.3. The normalized spacial score (nSPS) is 28.2. The largest absolute Gasteiger partial charge is 0.377 e. The zero-order valence-corrected chi connectivity index (χ0v) is 14.1. The van der Waals surface area contributed by atoms with Crippen molar-refractivity contribution in [3.8, 4) is 0 Å². The molecule has 0 heterocycles. The zero-order chi connectivity index (χ0) is 14.6. The minimum atomic E-state index is 0.0908. The van der Waals surface area contributed by atoms with Crippen LogP contribution in [0.3, 0.4) is 0 Å². The Morgan fingerprint density at radius 3 is 2.15 bits per heavy atom. The lowest BCUT2D eigenvalue weighted by molar-refractivity contribution is -0.101. The van der Waals surface area contributed by atoms with Crippen molar-refractivity contribution in [1.82, 2.24) is 5.32 Å². The number of methoxy groups -OCH3 is 1. The fourth-order valence-electron chi connectivity index (χ4n) is 4.46. The molecule has 0 aliphatic heterocycles. The van der Waals surface area contributed by atoms with Gasteiger partial charge in [-0.25, -0.2) is 0 Å². The summed E-state index contributed by atoms with van der Waals surface area (Å²) >= 11 is 0. The van der Waals surface area contributed by atoms with Crippen LogP contribution in [0.2, 0.25) is 0 Å². The van der Waals surface area contributed by atoms with Gasteiger partial charge in [-0.05, 0) is 56.4 Å². The molecule has 2 aliphatic carbocycles. The predicted octanol–water partition coefficient (Wildman–Crippen LogP) is 4.53. The number of rotatable bonds is 5. The topological polar surface area (TPSA) is 21.3 Å². The van der Waals surface area contributed by atoms with Crippen LogP contribution >= 0.6 is 0 Å². The van der Waals surface area contributed by atoms with Gasteiger partial charge >= 0.3 is 0 Å². The summed E-state index contributed by atoms with van der Waals surface area (Å²) in [6.07, 6.45) is 12.1. The van der Waals surface area contributed by atoms with Crippen molar-refractivity contribution >= 4 is 0 Å². The van der Waals surface area contributed by atoms with E-state index >= 15 is 0 Å². The van der Waals surface area contributed by atoms with Gasteiger partial charge in [0, 0.05) is 13.2 Å². The minimum absolute atomic E-state index is 0.0908. The van der Waals surface area contributed by atoms with E-state index < -0.39 is 0 Å². The molecule has 0 radical (unpaired) electrons. The van der Waals surface area contributed by atoms with Gasteiger partial charge in [-0.15, -0.1) is 0 Å². The van der Waals surface area contributed by atoms with Gasteiger partial charge in [0.15, 0.2) is 0 Å². The van der Waals surface area contributed by atoms with Crippen LogP contribution < -0.4 is 5.32 Å². The first-order chi connectivity index (χ1) is 9.53. The molecule has 2 nitrogen and oxygen atoms in total. The van der Waals surface area contributed by atoms with Crippen molar-refractivity contribution in [2.24, 2.45) is 11.3 Å². The van der Waals surface area contributed by atoms with Gasteiger partial charge in [0.1, 0.15) is 0 Å². The van der Waals surface area contributed by atoms with Gasteiger partial charge in [-0.2, -0.15) is 0 Å². The molecule has 2 heteroatoms. The van der Waals surface area contributed by atoms with Gasteiger partial charge in [0.25, 0.3) is 0 Å². The molecule has 0 aromatic carbocycles. The standard InChI is InChI=1S/C18H35NO/c1-5-19-16(15-9-7-6-8-10-15)18(20-4)13-11-17(2,3)12-14-18/h15-16,19H,5-14H2,1-4H3. The summed E-state index contributed by atoms with van der Waals surface area (Å²) in [6, 6.07) is 0.564. The molecule has 1 atom stereocenters. The summed E-state index contributed by atoms with van der Waals surface area (Å²) in [5, 5.41) is 3.82. The SMILES string of the molecule is CCNC(C1CCCCC1)C1(OC)CCC(C)(C)CC1. The van der Waals surface area contributed by atoms with E-state index in [9.17, 15) is 0 Å². The molecule has 0 saturated heterocycles. The Labute approximate surface area is 126 Å². The van der Waals surface area contributed by atoms with Gasteiger partial charge < -0.3 is 10.1 Å². The lowest BCUT2D eigenvalue weighted by Gasteiger charge is -2.50. The maximum Gasteiger partial charge on any atom is 0.0834 e. The highest BCUT2D eigenvalue weighted by Gasteiger charge is 2.46. The third-order valence-electron chi connectivity index (χ3n) is 5.97. The van der Waals surface area contributed by atoms with E-state index in [4.69, 9.17) is 4.74 Å². The second-order valence-corrected chi connectivity index (χ2v) is 7.87. The number of hydrogen-bond donors (Lipinski definition) is 1. The fourth-order valence-corrected chi connectivity index (χ4v) is 4.46. The third kappa shape index (κ3) is 3.57. The average molecular weight is 281 g/mol. The van der Waals surface area contributed by atoms with Gasteiger partial charge in [0.05, 0.1) is 5.60 Å². The third-order valence-corrected chi connectivity index (χ3v) is 5.97. The van der Waals surface area contributed by atoms with Crippen molar-refractivity contribution in [1.29, 1.82) is 0 Å². The van der Waals surface area contributed by atoms with Gasteiger partial charge in [0.2, 0.25) is 0 Å². The molecule has 0 bridgehead atoms. The van der Waals surface area contributed by atoms with Gasteiger partial charge in [-0.3, -0.25) is 0 Å². The van der Waals surface area contributed by atoms with E-state index in [0.717, 1.165) is 12.5 Å². The van der Waals surface area contributed by atoms with Crippen LogP contribution in [0.25, 0.3) is 0 Å². The molecular weight excluding hydrogens is 246 g/mol. The van der Waals surface area contributed by atoms with Crippen molar-refractivity contribution in [2.75, 3.05) is 13.7 Å². The molecule has 1 N–H and O–H groups in total. The average Bonchev–Trinajstić information content (AvgIpc) is 2.47. The van der Waals surface area contributed by atoms with E-state index in [2.05, 4.69) is 26.1 Å². The Balaban J connectivity index is 2.12. The molecule has 2 aliphatic rings. The van der Waals surface area contributed by atoms with Crippen LogP contribution in [0.15, 0.2) is 0 Å². The van der Waals surface area contributed by atoms with E-state index in [-0.39, 0.29) is 5.60 Å². The van der Waals surface area contributed by atoms with Crippen LogP contribution in [-0.4, -0.2) is 25.3 Å². The van der Waals surface area contributed by atoms with Gasteiger partial charge in [-0.1, -0.05) is 40.0 Å². The van der Waals surface area contributed by atoms with E-state index in [0.29, 0.717) is 11.5 Å². The Morgan fingerprint density at radius 2 is 1.65 bits per heavy atom. The first-order valence-electron chi connectivity index (χ1n) is 8.81. The van der Waals surface area contributed by atoms with Crippen molar-refractivity contribution in [2.45, 2.75) is 90.2 Å². The second-order valence-electron chi connectivity index (χ2n) is 7.87. The smallest absolute Gasteiger partial charge is 0.0834 e. The highest BCUT2D eigenvalue weighted by Crippen LogP contribution is 2.46. The Kier molecular flexibility index (Phi) is 5.53. The number of likely N-dealkylation sites (N-methyl/N-ethyl adjacent to an activating group) is 1. The highest BCUT2D eigenvalue weighted by molar-refractivity contribution is 5.01. The lowest BCUT2D eigenvalue weighted by atomic mass is 9.65. The molecule has 0 aromatic heterocycles. The molecule has 20 heavy (non-hydrogen) atoms. The zero-order valence-electron chi connectivity index (χ0n) is 14.1. The Bertz CT molecular complexity index is 284. The Hall–Kier alpha value is -0.0800. The summed E-state index contributed by atoms with van der Waals surface area (Å²) in [4.78, 5) is 0. The molecule has 1 unspecified atom stereocenters. The molecule has 0 aromatic rings. The summed E-state index contributed by atoms with van der Waals surface area (Å²) in [5.74, 6) is 0.824. The maximum absolute atomic E-state index is 6.18. The molecular formula is C18H35NO. The predicted molar refractivity (Wildman–Crippen MR) is 86.0 cm³/mol. The number of nitrogens with one attached hydrogen (secondary N) is 1. The van der Waals surface area contributed by atoms with Crippen LogP contribution in [-0.2, 0) is 4.74 Å². The molecule has 118 valence electrons. The van der Waals surface area contributed by atoms with Crippen molar-refractivity contribution < 1.29 is 4.74 Å². The van der Waals surface area contributed by atoms with Crippen LogP contribution in [0.1, 0.15) is 78.6 Å². The lowest BCUT2D eigenvalue weighted by Crippen LogP contribution is -2.58. The quantitative estimate of drug-likeness (QED) is 0.799. The summed E-state index contributed by atoms with van der Waals surface area (Å²) < 4.78 is 6.18. The Morgan fingerprint density at radius 1 is 1.05 bits per heavy atom. The van der Waals surface area contributed by atoms with E-state index in [1.165, 1.54) is 57.8 Å². The fraction of sp³-hybridized carbons (Fsp3) is 1.00. The monoisotopic (exact) mass is 281 g/mol. The first-order valence-corrected chi connectivity index (χ1v) is 8.81. The van der Waals surface area contributed by atoms with Crippen molar-refractivity contribution in [3.05, 3.63) is 0 Å². The van der Waals surface area contributed by atoms with Crippen molar-refractivity contribution in [3.63, 3.8) is 0 Å². The number of ether oxygens (including phenoxy) is 1. The molecule has 2 fully saturated rings. The van der Waals surface area contributed by atoms with Crippen LogP contribution in [0, 0.1) is 11.3 Å². The summed E-state index contributed by atoms with van der Waals surface area (Å²) in [5.41, 5.74) is 0.596. The molecule has 0 spiro atoms. The highest BCUT2D eigenvalue weighted by atomic mass is 16.5.